The van der Waals surface area contributed by atoms with Gasteiger partial charge in [-0.1, -0.05) is 15.9 Å². The average Bonchev–Trinajstić information content (AvgIpc) is 2.63. The van der Waals surface area contributed by atoms with Gasteiger partial charge in [0.25, 0.3) is 0 Å². The predicted molar refractivity (Wildman–Crippen MR) is 60.8 cm³/mol. The summed E-state index contributed by atoms with van der Waals surface area (Å²) in [6.07, 6.45) is 2.26. The molecule has 0 bridgehead atoms. The molecule has 1 aliphatic rings. The minimum absolute atomic E-state index is 0.467. The quantitative estimate of drug-likeness (QED) is 0.878. The van der Waals surface area contributed by atoms with Gasteiger partial charge in [0.1, 0.15) is 5.75 Å². The van der Waals surface area contributed by atoms with Crippen molar-refractivity contribution in [2.75, 3.05) is 14.2 Å². The van der Waals surface area contributed by atoms with Gasteiger partial charge in [0.15, 0.2) is 0 Å². The summed E-state index contributed by atoms with van der Waals surface area (Å²) in [4.78, 5) is 0. The third-order valence-corrected chi connectivity index (χ3v) is 3.55. The van der Waals surface area contributed by atoms with Gasteiger partial charge < -0.3 is 10.1 Å². The number of rotatable bonds is 2. The zero-order chi connectivity index (χ0) is 10.1. The first-order valence-corrected chi connectivity index (χ1v) is 5.59. The highest BCUT2D eigenvalue weighted by molar-refractivity contribution is 9.10. The maximum Gasteiger partial charge on any atom is 0.122 e. The van der Waals surface area contributed by atoms with Crippen LogP contribution in [0.3, 0.4) is 0 Å². The Hall–Kier alpha value is -0.540. The highest BCUT2D eigenvalue weighted by Gasteiger charge is 2.26. The van der Waals surface area contributed by atoms with E-state index in [1.807, 2.05) is 13.1 Å². The monoisotopic (exact) mass is 255 g/mol. The van der Waals surface area contributed by atoms with Gasteiger partial charge in [-0.2, -0.15) is 0 Å². The normalized spacial score (nSPS) is 19.5. The Kier molecular flexibility index (Phi) is 2.79. The Morgan fingerprint density at radius 3 is 2.93 bits per heavy atom. The first kappa shape index (κ1) is 9.99. The molecule has 1 aromatic rings. The predicted octanol–water partition coefficient (Wildman–Crippen LogP) is 2.66. The Morgan fingerprint density at radius 2 is 2.29 bits per heavy atom. The van der Waals surface area contributed by atoms with E-state index in [1.54, 1.807) is 7.11 Å². The lowest BCUT2D eigenvalue weighted by molar-refractivity contribution is 0.410. The van der Waals surface area contributed by atoms with Crippen molar-refractivity contribution in [2.45, 2.75) is 18.9 Å². The average molecular weight is 256 g/mol. The smallest absolute Gasteiger partial charge is 0.122 e. The van der Waals surface area contributed by atoms with Crippen LogP contribution in [0, 0.1) is 0 Å². The SMILES string of the molecule is CNC1CCc2c(OC)ccc(Br)c21. The number of benzene rings is 1. The number of ether oxygens (including phenoxy) is 1. The van der Waals surface area contributed by atoms with E-state index in [-0.39, 0.29) is 0 Å². The lowest BCUT2D eigenvalue weighted by atomic mass is 10.1. The van der Waals surface area contributed by atoms with Crippen LogP contribution in [0.1, 0.15) is 23.6 Å². The zero-order valence-corrected chi connectivity index (χ0v) is 10.0. The molecule has 0 aromatic heterocycles. The van der Waals surface area contributed by atoms with Gasteiger partial charge in [0.05, 0.1) is 7.11 Å². The Morgan fingerprint density at radius 1 is 1.50 bits per heavy atom. The van der Waals surface area contributed by atoms with E-state index in [0.29, 0.717) is 6.04 Å². The van der Waals surface area contributed by atoms with Crippen LogP contribution < -0.4 is 10.1 Å². The fourth-order valence-electron chi connectivity index (χ4n) is 2.16. The summed E-state index contributed by atoms with van der Waals surface area (Å²) in [7, 11) is 3.74. The van der Waals surface area contributed by atoms with E-state index in [9.17, 15) is 0 Å². The standard InChI is InChI=1S/C11H14BrNO/c1-13-9-5-3-7-10(14-2)6-4-8(12)11(7)9/h4,6,9,13H,3,5H2,1-2H3. The fourth-order valence-corrected chi connectivity index (χ4v) is 2.81. The number of methoxy groups -OCH3 is 1. The molecule has 0 saturated carbocycles. The van der Waals surface area contributed by atoms with Crippen molar-refractivity contribution in [3.05, 3.63) is 27.7 Å². The molecule has 14 heavy (non-hydrogen) atoms. The molecule has 0 saturated heterocycles. The largest absolute Gasteiger partial charge is 0.496 e. The molecule has 0 heterocycles. The molecule has 2 rings (SSSR count). The van der Waals surface area contributed by atoms with Crippen LogP contribution in [-0.2, 0) is 6.42 Å². The van der Waals surface area contributed by atoms with Crippen LogP contribution >= 0.6 is 15.9 Å². The molecular formula is C11H14BrNO. The maximum atomic E-state index is 5.36. The van der Waals surface area contributed by atoms with Crippen LogP contribution in [-0.4, -0.2) is 14.2 Å². The van der Waals surface area contributed by atoms with Crippen molar-refractivity contribution in [1.29, 1.82) is 0 Å². The van der Waals surface area contributed by atoms with Crippen LogP contribution in [0.5, 0.6) is 5.75 Å². The Balaban J connectivity index is 2.52. The van der Waals surface area contributed by atoms with E-state index < -0.39 is 0 Å². The van der Waals surface area contributed by atoms with E-state index in [1.165, 1.54) is 15.6 Å². The first-order valence-electron chi connectivity index (χ1n) is 4.80. The third-order valence-electron chi connectivity index (χ3n) is 2.86. The zero-order valence-electron chi connectivity index (χ0n) is 8.43. The topological polar surface area (TPSA) is 21.3 Å². The number of fused-ring (bicyclic) bond motifs is 1. The van der Waals surface area contributed by atoms with Gasteiger partial charge in [0.2, 0.25) is 0 Å². The number of hydrogen-bond donors (Lipinski definition) is 1. The minimum atomic E-state index is 0.467. The highest BCUT2D eigenvalue weighted by Crippen LogP contribution is 2.41. The summed E-state index contributed by atoms with van der Waals surface area (Å²) in [6, 6.07) is 4.56. The third kappa shape index (κ3) is 1.44. The summed E-state index contributed by atoms with van der Waals surface area (Å²) in [6.45, 7) is 0. The number of nitrogens with one attached hydrogen (secondary N) is 1. The number of hydrogen-bond acceptors (Lipinski definition) is 2. The second kappa shape index (κ2) is 3.91. The van der Waals surface area contributed by atoms with Crippen molar-refractivity contribution in [3.63, 3.8) is 0 Å². The molecule has 1 aliphatic carbocycles. The van der Waals surface area contributed by atoms with E-state index >= 15 is 0 Å². The lowest BCUT2D eigenvalue weighted by Crippen LogP contribution is -2.13. The lowest BCUT2D eigenvalue weighted by Gasteiger charge is -2.13. The highest BCUT2D eigenvalue weighted by atomic mass is 79.9. The maximum absolute atomic E-state index is 5.36. The van der Waals surface area contributed by atoms with Gasteiger partial charge in [0, 0.05) is 16.1 Å². The molecule has 1 atom stereocenters. The molecule has 1 unspecified atom stereocenters. The summed E-state index contributed by atoms with van der Waals surface area (Å²) in [5, 5.41) is 3.33. The second-order valence-corrected chi connectivity index (χ2v) is 4.38. The molecule has 0 amide bonds. The molecule has 1 N–H and O–H groups in total. The number of halogens is 1. The summed E-state index contributed by atoms with van der Waals surface area (Å²) < 4.78 is 6.54. The van der Waals surface area contributed by atoms with E-state index in [0.717, 1.165) is 18.6 Å². The van der Waals surface area contributed by atoms with Crippen molar-refractivity contribution in [2.24, 2.45) is 0 Å². The Labute approximate surface area is 92.8 Å². The van der Waals surface area contributed by atoms with Crippen molar-refractivity contribution >= 4 is 15.9 Å². The van der Waals surface area contributed by atoms with Gasteiger partial charge in [-0.3, -0.25) is 0 Å². The van der Waals surface area contributed by atoms with Gasteiger partial charge >= 0.3 is 0 Å². The molecule has 0 fully saturated rings. The molecule has 3 heteroatoms. The van der Waals surface area contributed by atoms with E-state index in [4.69, 9.17) is 4.74 Å². The Bertz CT molecular complexity index is 351. The molecule has 1 aromatic carbocycles. The van der Waals surface area contributed by atoms with Crippen LogP contribution in [0.2, 0.25) is 0 Å². The summed E-state index contributed by atoms with van der Waals surface area (Å²) in [5.41, 5.74) is 2.72. The fraction of sp³-hybridized carbons (Fsp3) is 0.455. The van der Waals surface area contributed by atoms with Crippen molar-refractivity contribution < 1.29 is 4.74 Å². The van der Waals surface area contributed by atoms with Crippen molar-refractivity contribution in [3.8, 4) is 5.75 Å². The summed E-state index contributed by atoms with van der Waals surface area (Å²) >= 11 is 3.60. The van der Waals surface area contributed by atoms with Gasteiger partial charge in [-0.15, -0.1) is 0 Å². The first-order chi connectivity index (χ1) is 6.77. The minimum Gasteiger partial charge on any atom is -0.496 e. The van der Waals surface area contributed by atoms with Gasteiger partial charge in [-0.25, -0.2) is 0 Å². The van der Waals surface area contributed by atoms with Crippen molar-refractivity contribution in [1.82, 2.24) is 5.32 Å². The molecular weight excluding hydrogens is 242 g/mol. The van der Waals surface area contributed by atoms with Crippen LogP contribution in [0.25, 0.3) is 0 Å². The summed E-state index contributed by atoms with van der Waals surface area (Å²) in [5.74, 6) is 1.01. The molecule has 0 spiro atoms. The second-order valence-electron chi connectivity index (χ2n) is 3.52. The molecule has 0 aliphatic heterocycles. The molecule has 0 radical (unpaired) electrons. The molecule has 2 nitrogen and oxygen atoms in total. The van der Waals surface area contributed by atoms with Crippen LogP contribution in [0.4, 0.5) is 0 Å². The van der Waals surface area contributed by atoms with Crippen LogP contribution in [0.15, 0.2) is 16.6 Å². The van der Waals surface area contributed by atoms with E-state index in [2.05, 4.69) is 27.3 Å². The molecule has 76 valence electrons. The van der Waals surface area contributed by atoms with Gasteiger partial charge in [-0.05, 0) is 37.6 Å².